The van der Waals surface area contributed by atoms with Crippen LogP contribution in [-0.4, -0.2) is 37.7 Å². The van der Waals surface area contributed by atoms with Crippen molar-refractivity contribution in [3.63, 3.8) is 0 Å². The second-order valence-corrected chi connectivity index (χ2v) is 8.48. The summed E-state index contributed by atoms with van der Waals surface area (Å²) in [5.74, 6) is -1.13. The minimum absolute atomic E-state index is 0.163. The molecule has 37 heavy (non-hydrogen) atoms. The van der Waals surface area contributed by atoms with Crippen LogP contribution in [0.15, 0.2) is 65.8 Å². The summed E-state index contributed by atoms with van der Waals surface area (Å²) in [7, 11) is 1.56. The number of carbonyl (C=O) groups excluding carboxylic acids is 3. The number of carbonyl (C=O) groups is 3. The number of hydrogen-bond donors (Lipinski definition) is 3. The maximum Gasteiger partial charge on any atom is 0.329 e. The number of aryl methyl sites for hydroxylation is 2. The number of rotatable bonds is 9. The lowest BCUT2D eigenvalue weighted by Crippen LogP contribution is -2.37. The highest BCUT2D eigenvalue weighted by molar-refractivity contribution is 6.35. The zero-order valence-electron chi connectivity index (χ0n) is 20.6. The largest absolute Gasteiger partial charge is 0.497 e. The quantitative estimate of drug-likeness (QED) is 0.225. The van der Waals surface area contributed by atoms with Gasteiger partial charge in [-0.15, -0.1) is 0 Å². The number of hydrogen-bond acceptors (Lipinski definition) is 6. The molecule has 0 bridgehead atoms. The first-order valence-electron chi connectivity index (χ1n) is 11.3. The molecule has 10 heteroatoms. The van der Waals surface area contributed by atoms with Crippen LogP contribution in [0.2, 0.25) is 5.02 Å². The fourth-order valence-electron chi connectivity index (χ4n) is 3.13. The van der Waals surface area contributed by atoms with Crippen molar-refractivity contribution in [2.45, 2.75) is 20.4 Å². The Kier molecular flexibility index (Phi) is 9.62. The highest BCUT2D eigenvalue weighted by Crippen LogP contribution is 2.22. The molecule has 0 spiro atoms. The van der Waals surface area contributed by atoms with Crippen molar-refractivity contribution in [3.8, 4) is 11.5 Å². The average molecular weight is 523 g/mol. The van der Waals surface area contributed by atoms with E-state index in [2.05, 4.69) is 21.2 Å². The van der Waals surface area contributed by atoms with Gasteiger partial charge in [-0.3, -0.25) is 14.4 Å². The maximum absolute atomic E-state index is 12.3. The Balaban J connectivity index is 1.52. The summed E-state index contributed by atoms with van der Waals surface area (Å²) in [6.07, 6.45) is 1.27. The summed E-state index contributed by atoms with van der Waals surface area (Å²) < 4.78 is 10.7. The van der Waals surface area contributed by atoms with Crippen LogP contribution in [0.3, 0.4) is 0 Å². The Bertz CT molecular complexity index is 1310. The molecule has 0 aromatic heterocycles. The molecule has 0 saturated carbocycles. The molecule has 0 fully saturated rings. The Labute approximate surface area is 219 Å². The monoisotopic (exact) mass is 522 g/mol. The van der Waals surface area contributed by atoms with E-state index in [1.807, 2.05) is 32.0 Å². The van der Waals surface area contributed by atoms with E-state index in [-0.39, 0.29) is 19.1 Å². The molecule has 0 aliphatic rings. The summed E-state index contributed by atoms with van der Waals surface area (Å²) in [5.41, 5.74) is 6.22. The number of ether oxygens (including phenoxy) is 2. The Morgan fingerprint density at radius 1 is 0.946 bits per heavy atom. The standard InChI is InChI=1S/C27H27ClN4O5/c1-17-4-8-22(12-18(17)2)31-25(33)16-37-24-11-7-21(28)13-20(24)15-30-32-27(35)26(34)29-14-19-5-9-23(36-3)10-6-19/h4-13,15H,14,16H2,1-3H3,(H,29,34)(H,31,33)(H,32,35)/b30-15-. The van der Waals surface area contributed by atoms with Gasteiger partial charge in [0.15, 0.2) is 6.61 Å². The molecule has 0 aliphatic carbocycles. The van der Waals surface area contributed by atoms with Gasteiger partial charge in [0, 0.05) is 22.8 Å². The van der Waals surface area contributed by atoms with Gasteiger partial charge >= 0.3 is 11.8 Å². The van der Waals surface area contributed by atoms with Gasteiger partial charge in [-0.25, -0.2) is 5.43 Å². The van der Waals surface area contributed by atoms with Crippen LogP contribution in [-0.2, 0) is 20.9 Å². The van der Waals surface area contributed by atoms with Crippen LogP contribution in [0.5, 0.6) is 11.5 Å². The molecule has 3 N–H and O–H groups in total. The second kappa shape index (κ2) is 13.1. The number of amides is 3. The average Bonchev–Trinajstić information content (AvgIpc) is 2.89. The molecule has 0 unspecified atom stereocenters. The van der Waals surface area contributed by atoms with Crippen molar-refractivity contribution in [1.82, 2.24) is 10.7 Å². The minimum Gasteiger partial charge on any atom is -0.497 e. The van der Waals surface area contributed by atoms with Crippen molar-refractivity contribution in [2.75, 3.05) is 19.0 Å². The summed E-state index contributed by atoms with van der Waals surface area (Å²) in [6, 6.07) is 17.4. The topological polar surface area (TPSA) is 118 Å². The van der Waals surface area contributed by atoms with Crippen molar-refractivity contribution in [2.24, 2.45) is 5.10 Å². The molecule has 0 aliphatic heterocycles. The lowest BCUT2D eigenvalue weighted by molar-refractivity contribution is -0.139. The predicted octanol–water partition coefficient (Wildman–Crippen LogP) is 3.75. The first-order chi connectivity index (χ1) is 17.7. The molecule has 3 amide bonds. The van der Waals surface area contributed by atoms with E-state index in [1.165, 1.54) is 6.21 Å². The lowest BCUT2D eigenvalue weighted by Gasteiger charge is -2.11. The third kappa shape index (κ3) is 8.36. The normalized spacial score (nSPS) is 10.6. The van der Waals surface area contributed by atoms with Gasteiger partial charge in [0.1, 0.15) is 11.5 Å². The van der Waals surface area contributed by atoms with Crippen LogP contribution in [0.25, 0.3) is 0 Å². The number of anilines is 1. The molecule has 0 radical (unpaired) electrons. The molecular formula is C27H27ClN4O5. The second-order valence-electron chi connectivity index (χ2n) is 8.05. The Hall–Kier alpha value is -4.37. The smallest absolute Gasteiger partial charge is 0.329 e. The molecule has 9 nitrogen and oxygen atoms in total. The number of methoxy groups -OCH3 is 1. The lowest BCUT2D eigenvalue weighted by atomic mass is 10.1. The first kappa shape index (κ1) is 27.2. The SMILES string of the molecule is COc1ccc(CNC(=O)C(=O)N/N=C\c2cc(Cl)ccc2OCC(=O)Nc2ccc(C)c(C)c2)cc1. The van der Waals surface area contributed by atoms with Crippen LogP contribution in [0.1, 0.15) is 22.3 Å². The first-order valence-corrected chi connectivity index (χ1v) is 11.7. The van der Waals surface area contributed by atoms with E-state index in [1.54, 1.807) is 49.6 Å². The summed E-state index contributed by atoms with van der Waals surface area (Å²) in [4.78, 5) is 36.5. The molecular weight excluding hydrogens is 496 g/mol. The predicted molar refractivity (Wildman–Crippen MR) is 142 cm³/mol. The van der Waals surface area contributed by atoms with E-state index < -0.39 is 11.8 Å². The van der Waals surface area contributed by atoms with Crippen molar-refractivity contribution < 1.29 is 23.9 Å². The van der Waals surface area contributed by atoms with Crippen LogP contribution < -0.4 is 25.5 Å². The third-order valence-electron chi connectivity index (χ3n) is 5.31. The van der Waals surface area contributed by atoms with Gasteiger partial charge in [0.25, 0.3) is 5.91 Å². The number of benzene rings is 3. The summed E-state index contributed by atoms with van der Waals surface area (Å²) >= 11 is 6.07. The molecule has 3 aromatic rings. The van der Waals surface area contributed by atoms with Crippen LogP contribution in [0.4, 0.5) is 5.69 Å². The van der Waals surface area contributed by atoms with Crippen LogP contribution >= 0.6 is 11.6 Å². The summed E-state index contributed by atoms with van der Waals surface area (Å²) in [6.45, 7) is 3.86. The zero-order valence-corrected chi connectivity index (χ0v) is 21.4. The van der Waals surface area contributed by atoms with Crippen LogP contribution in [0, 0.1) is 13.8 Å². The summed E-state index contributed by atoms with van der Waals surface area (Å²) in [5, 5.41) is 9.50. The molecule has 3 aromatic carbocycles. The highest BCUT2D eigenvalue weighted by Gasteiger charge is 2.13. The van der Waals surface area contributed by atoms with Crippen molar-refractivity contribution >= 4 is 41.2 Å². The fourth-order valence-corrected chi connectivity index (χ4v) is 3.31. The number of nitrogens with zero attached hydrogens (tertiary/aromatic N) is 1. The van der Waals surface area contributed by atoms with Gasteiger partial charge in [-0.1, -0.05) is 29.8 Å². The third-order valence-corrected chi connectivity index (χ3v) is 5.54. The van der Waals surface area contributed by atoms with Gasteiger partial charge in [0.2, 0.25) is 0 Å². The molecule has 3 rings (SSSR count). The number of nitrogens with one attached hydrogen (secondary N) is 3. The Morgan fingerprint density at radius 2 is 1.70 bits per heavy atom. The van der Waals surface area contributed by atoms with Gasteiger partial charge in [0.05, 0.1) is 13.3 Å². The van der Waals surface area contributed by atoms with Gasteiger partial charge < -0.3 is 20.1 Å². The maximum atomic E-state index is 12.3. The molecule has 0 atom stereocenters. The zero-order chi connectivity index (χ0) is 26.8. The van der Waals surface area contributed by atoms with Crippen molar-refractivity contribution in [1.29, 1.82) is 0 Å². The van der Waals surface area contributed by atoms with E-state index >= 15 is 0 Å². The van der Waals surface area contributed by atoms with Gasteiger partial charge in [-0.05, 0) is 73.0 Å². The van der Waals surface area contributed by atoms with E-state index in [4.69, 9.17) is 21.1 Å². The van der Waals surface area contributed by atoms with E-state index in [0.29, 0.717) is 27.8 Å². The highest BCUT2D eigenvalue weighted by atomic mass is 35.5. The number of hydrazone groups is 1. The Morgan fingerprint density at radius 3 is 2.41 bits per heavy atom. The minimum atomic E-state index is -0.943. The van der Waals surface area contributed by atoms with E-state index in [0.717, 1.165) is 16.7 Å². The number of halogens is 1. The van der Waals surface area contributed by atoms with E-state index in [9.17, 15) is 14.4 Å². The molecule has 0 heterocycles. The fraction of sp³-hybridized carbons (Fsp3) is 0.185. The molecule has 192 valence electrons. The molecule has 0 saturated heterocycles. The van der Waals surface area contributed by atoms with Gasteiger partial charge in [-0.2, -0.15) is 5.10 Å². The van der Waals surface area contributed by atoms with Crippen molar-refractivity contribution in [3.05, 3.63) is 87.9 Å².